The summed E-state index contributed by atoms with van der Waals surface area (Å²) in [5.41, 5.74) is 1.34. The number of guanidine groups is 1. The van der Waals surface area contributed by atoms with Crippen LogP contribution in [-0.4, -0.2) is 79.7 Å². The van der Waals surface area contributed by atoms with E-state index in [4.69, 9.17) is 4.74 Å². The summed E-state index contributed by atoms with van der Waals surface area (Å²) < 4.78 is 6.08. The highest BCUT2D eigenvalue weighted by Gasteiger charge is 2.41. The summed E-state index contributed by atoms with van der Waals surface area (Å²) in [6.07, 6.45) is 5.39. The van der Waals surface area contributed by atoms with E-state index < -0.39 is 0 Å². The molecule has 2 atom stereocenters. The van der Waals surface area contributed by atoms with Crippen molar-refractivity contribution in [1.82, 2.24) is 20.4 Å². The lowest BCUT2D eigenvalue weighted by atomic mass is 10.1. The van der Waals surface area contributed by atoms with E-state index in [0.29, 0.717) is 25.0 Å². The van der Waals surface area contributed by atoms with Crippen molar-refractivity contribution >= 4 is 35.8 Å². The minimum Gasteiger partial charge on any atom is -0.373 e. The number of benzene rings is 1. The average Bonchev–Trinajstić information content (AvgIpc) is 3.42. The molecule has 2 saturated heterocycles. The summed E-state index contributed by atoms with van der Waals surface area (Å²) in [7, 11) is 1.81. The van der Waals surface area contributed by atoms with E-state index in [9.17, 15) is 4.79 Å². The number of halogens is 1. The second kappa shape index (κ2) is 12.0. The average molecular weight is 541 g/mol. The van der Waals surface area contributed by atoms with Crippen molar-refractivity contribution < 1.29 is 9.53 Å². The van der Waals surface area contributed by atoms with Gasteiger partial charge in [0.25, 0.3) is 0 Å². The molecule has 2 unspecified atom stereocenters. The first-order chi connectivity index (χ1) is 14.7. The maximum absolute atomic E-state index is 12.2. The smallest absolute Gasteiger partial charge is 0.221 e. The van der Waals surface area contributed by atoms with Crippen LogP contribution in [0.3, 0.4) is 0 Å². The van der Waals surface area contributed by atoms with Gasteiger partial charge in [-0.1, -0.05) is 43.2 Å². The van der Waals surface area contributed by atoms with Crippen LogP contribution in [0.25, 0.3) is 0 Å². The molecule has 0 bridgehead atoms. The normalized spacial score (nSPS) is 24.5. The molecule has 7 nitrogen and oxygen atoms in total. The highest BCUT2D eigenvalue weighted by Crippen LogP contribution is 2.24. The van der Waals surface area contributed by atoms with Crippen molar-refractivity contribution in [2.75, 3.05) is 39.8 Å². The fourth-order valence-corrected chi connectivity index (χ4v) is 4.94. The molecule has 172 valence electrons. The number of nitrogens with one attached hydrogen (secondary N) is 2. The van der Waals surface area contributed by atoms with Crippen molar-refractivity contribution in [2.45, 2.75) is 56.8 Å². The van der Waals surface area contributed by atoms with Crippen LogP contribution in [0.4, 0.5) is 0 Å². The number of rotatable bonds is 6. The van der Waals surface area contributed by atoms with E-state index in [1.165, 1.54) is 18.4 Å². The Bertz CT molecular complexity index is 726. The van der Waals surface area contributed by atoms with E-state index in [1.54, 1.807) is 0 Å². The second-order valence-corrected chi connectivity index (χ2v) is 8.61. The second-order valence-electron chi connectivity index (χ2n) is 8.61. The van der Waals surface area contributed by atoms with Crippen LogP contribution in [0.5, 0.6) is 0 Å². The van der Waals surface area contributed by atoms with Gasteiger partial charge < -0.3 is 20.3 Å². The first kappa shape index (κ1) is 24.3. The fraction of sp³-hybridized carbons (Fsp3) is 0.652. The molecule has 1 aromatic carbocycles. The van der Waals surface area contributed by atoms with Crippen LogP contribution in [0.15, 0.2) is 35.3 Å². The van der Waals surface area contributed by atoms with Crippen molar-refractivity contribution in [2.24, 2.45) is 4.99 Å². The number of amides is 1. The van der Waals surface area contributed by atoms with Gasteiger partial charge in [0.1, 0.15) is 0 Å². The van der Waals surface area contributed by atoms with Crippen LogP contribution in [0.1, 0.15) is 37.7 Å². The number of nitrogens with zero attached hydrogens (tertiary/aromatic N) is 3. The third-order valence-electron chi connectivity index (χ3n) is 6.51. The fourth-order valence-electron chi connectivity index (χ4n) is 4.94. The number of fused-ring (bicyclic) bond motifs is 1. The topological polar surface area (TPSA) is 69.2 Å². The zero-order chi connectivity index (χ0) is 20.8. The Morgan fingerprint density at radius 1 is 1.19 bits per heavy atom. The molecular weight excluding hydrogens is 505 g/mol. The Kier molecular flexibility index (Phi) is 9.40. The maximum atomic E-state index is 12.2. The Hall–Kier alpha value is -1.39. The molecule has 3 fully saturated rings. The zero-order valence-electron chi connectivity index (χ0n) is 18.5. The van der Waals surface area contributed by atoms with E-state index in [2.05, 4.69) is 55.8 Å². The van der Waals surface area contributed by atoms with Crippen molar-refractivity contribution in [3.63, 3.8) is 0 Å². The van der Waals surface area contributed by atoms with Gasteiger partial charge in [-0.3, -0.25) is 14.7 Å². The number of aliphatic imine (C=N–C) groups is 1. The number of likely N-dealkylation sites (tertiary alicyclic amines) is 1. The number of carbonyl (C=O) groups is 1. The summed E-state index contributed by atoms with van der Waals surface area (Å²) in [6.45, 7) is 5.01. The van der Waals surface area contributed by atoms with Gasteiger partial charge in [0.2, 0.25) is 5.91 Å². The molecule has 3 aliphatic rings. The lowest BCUT2D eigenvalue weighted by molar-refractivity contribution is -0.121. The Labute approximate surface area is 203 Å². The lowest BCUT2D eigenvalue weighted by Crippen LogP contribution is -2.50. The van der Waals surface area contributed by atoms with E-state index in [0.717, 1.165) is 51.6 Å². The molecule has 31 heavy (non-hydrogen) atoms. The number of hydrogen-bond donors (Lipinski definition) is 2. The summed E-state index contributed by atoms with van der Waals surface area (Å²) in [5.74, 6) is 0.999. The number of ether oxygens (including phenoxy) is 1. The molecule has 2 aliphatic heterocycles. The van der Waals surface area contributed by atoms with Gasteiger partial charge in [-0.15, -0.1) is 24.0 Å². The summed E-state index contributed by atoms with van der Waals surface area (Å²) in [6, 6.07) is 11.4. The number of hydrogen-bond acceptors (Lipinski definition) is 4. The predicted octanol–water partition coefficient (Wildman–Crippen LogP) is 2.21. The van der Waals surface area contributed by atoms with Gasteiger partial charge in [0, 0.05) is 52.2 Å². The predicted molar refractivity (Wildman–Crippen MR) is 134 cm³/mol. The van der Waals surface area contributed by atoms with Crippen LogP contribution in [0.2, 0.25) is 0 Å². The molecule has 2 N–H and O–H groups in total. The SMILES string of the molecule is CN=C(NCCC(=O)NC1CCCC1)N1CC2OCCN(Cc3ccccc3)C2C1.I. The maximum Gasteiger partial charge on any atom is 0.221 e. The summed E-state index contributed by atoms with van der Waals surface area (Å²) in [4.78, 5) is 21.4. The lowest BCUT2D eigenvalue weighted by Gasteiger charge is -2.36. The minimum atomic E-state index is 0. The third-order valence-corrected chi connectivity index (χ3v) is 6.51. The van der Waals surface area contributed by atoms with Crippen LogP contribution in [0, 0.1) is 0 Å². The molecule has 1 saturated carbocycles. The first-order valence-electron chi connectivity index (χ1n) is 11.4. The van der Waals surface area contributed by atoms with Gasteiger partial charge in [-0.25, -0.2) is 0 Å². The molecule has 1 amide bonds. The van der Waals surface area contributed by atoms with Crippen LogP contribution in [-0.2, 0) is 16.1 Å². The molecule has 4 rings (SSSR count). The molecule has 1 aliphatic carbocycles. The molecular formula is C23H36IN5O2. The summed E-state index contributed by atoms with van der Waals surface area (Å²) in [5, 5.41) is 6.53. The van der Waals surface area contributed by atoms with E-state index in [-0.39, 0.29) is 36.0 Å². The van der Waals surface area contributed by atoms with Gasteiger partial charge in [-0.2, -0.15) is 0 Å². The van der Waals surface area contributed by atoms with Gasteiger partial charge in [-0.05, 0) is 18.4 Å². The van der Waals surface area contributed by atoms with Crippen LogP contribution >= 0.6 is 24.0 Å². The van der Waals surface area contributed by atoms with Gasteiger partial charge in [0.05, 0.1) is 18.8 Å². The summed E-state index contributed by atoms with van der Waals surface area (Å²) >= 11 is 0. The molecule has 0 aromatic heterocycles. The van der Waals surface area contributed by atoms with Crippen molar-refractivity contribution in [3.8, 4) is 0 Å². The van der Waals surface area contributed by atoms with Crippen molar-refractivity contribution in [3.05, 3.63) is 35.9 Å². The molecule has 2 heterocycles. The zero-order valence-corrected chi connectivity index (χ0v) is 20.8. The van der Waals surface area contributed by atoms with Gasteiger partial charge >= 0.3 is 0 Å². The standard InChI is InChI=1S/C23H35N5O2.HI/c1-24-23(25-12-11-22(29)26-19-9-5-6-10-19)28-16-20-21(17-28)30-14-13-27(20)15-18-7-3-2-4-8-18;/h2-4,7-8,19-21H,5-6,9-17H2,1H3,(H,24,25)(H,26,29);1H. The molecule has 0 spiro atoms. The Morgan fingerprint density at radius 3 is 2.71 bits per heavy atom. The minimum absolute atomic E-state index is 0. The Morgan fingerprint density at radius 2 is 1.97 bits per heavy atom. The van der Waals surface area contributed by atoms with Crippen molar-refractivity contribution in [1.29, 1.82) is 0 Å². The highest BCUT2D eigenvalue weighted by atomic mass is 127. The first-order valence-corrected chi connectivity index (χ1v) is 11.4. The molecule has 1 aromatic rings. The Balaban J connectivity index is 0.00000272. The van der Waals surface area contributed by atoms with E-state index in [1.807, 2.05) is 7.05 Å². The third kappa shape index (κ3) is 6.55. The molecule has 0 radical (unpaired) electrons. The monoisotopic (exact) mass is 541 g/mol. The van der Waals surface area contributed by atoms with Crippen LogP contribution < -0.4 is 10.6 Å². The van der Waals surface area contributed by atoms with Gasteiger partial charge in [0.15, 0.2) is 5.96 Å². The number of carbonyl (C=O) groups excluding carboxylic acids is 1. The quantitative estimate of drug-likeness (QED) is 0.329. The van der Waals surface area contributed by atoms with E-state index >= 15 is 0 Å². The largest absolute Gasteiger partial charge is 0.373 e. The number of morpholine rings is 1. The molecule has 8 heteroatoms. The highest BCUT2D eigenvalue weighted by molar-refractivity contribution is 14.0.